The Hall–Kier alpha value is -10.0. The summed E-state index contributed by atoms with van der Waals surface area (Å²) < 4.78 is 15.3. The van der Waals surface area contributed by atoms with Crippen LogP contribution in [0.25, 0.3) is 55.9 Å². The highest BCUT2D eigenvalue weighted by molar-refractivity contribution is 7.09. The van der Waals surface area contributed by atoms with Gasteiger partial charge in [-0.1, -0.05) is 322 Å². The van der Waals surface area contributed by atoms with Crippen molar-refractivity contribution in [2.45, 2.75) is 275 Å². The summed E-state index contributed by atoms with van der Waals surface area (Å²) >= 11 is 1.72. The first-order valence-electron chi connectivity index (χ1n) is 41.4. The summed E-state index contributed by atoms with van der Waals surface area (Å²) in [4.78, 5) is 20.9. The van der Waals surface area contributed by atoms with Crippen molar-refractivity contribution >= 4 is 67.2 Å². The lowest BCUT2D eigenvalue weighted by molar-refractivity contribution is 0.416. The summed E-state index contributed by atoms with van der Waals surface area (Å²) in [5, 5.41) is 8.48. The number of benzene rings is 6. The van der Waals surface area contributed by atoms with Crippen molar-refractivity contribution in [3.63, 3.8) is 0 Å². The Labute approximate surface area is 707 Å². The molecular formula is C107H138N6O3S. The minimum Gasteiger partial charge on any atom is -0.464 e. The zero-order chi connectivity index (χ0) is 86.6. The molecule has 6 aromatic carbocycles. The van der Waals surface area contributed by atoms with Gasteiger partial charge in [0.15, 0.2) is 0 Å². The van der Waals surface area contributed by atoms with Crippen molar-refractivity contribution < 1.29 is 13.4 Å². The largest absolute Gasteiger partial charge is 0.464 e. The van der Waals surface area contributed by atoms with Crippen LogP contribution in [0.5, 0.6) is 0 Å². The highest BCUT2D eigenvalue weighted by Crippen LogP contribution is 2.35. The number of hydrogen-bond acceptors (Lipinski definition) is 9. The minimum atomic E-state index is 0.167. The molecule has 0 radical (unpaired) electrons. The summed E-state index contributed by atoms with van der Waals surface area (Å²) in [5.41, 5.74) is 26.3. The van der Waals surface area contributed by atoms with Gasteiger partial charge in [-0.25, -0.2) is 0 Å². The lowest BCUT2D eigenvalue weighted by atomic mass is 9.83. The first-order valence-corrected chi connectivity index (χ1v) is 42.3. The van der Waals surface area contributed by atoms with E-state index in [4.69, 9.17) is 13.4 Å². The fourth-order valence-electron chi connectivity index (χ4n) is 12.4. The third-order valence-electron chi connectivity index (χ3n) is 20.3. The molecule has 0 fully saturated rings. The quantitative estimate of drug-likeness (QED) is 0.159. The first kappa shape index (κ1) is 94.1. The van der Waals surface area contributed by atoms with E-state index in [1.165, 1.54) is 98.7 Å². The molecule has 0 saturated carbocycles. The normalized spacial score (nSPS) is 12.6. The van der Waals surface area contributed by atoms with Gasteiger partial charge >= 0.3 is 0 Å². The number of fused-ring (bicyclic) bond motifs is 6. The predicted molar refractivity (Wildman–Crippen MR) is 505 cm³/mol. The van der Waals surface area contributed by atoms with Crippen LogP contribution in [0.3, 0.4) is 0 Å². The molecule has 8 heterocycles. The lowest BCUT2D eigenvalue weighted by Gasteiger charge is -2.22. The molecule has 14 aromatic rings. The predicted octanol–water partition coefficient (Wildman–Crippen LogP) is 30.7. The van der Waals surface area contributed by atoms with Crippen molar-refractivity contribution in [2.75, 3.05) is 0 Å². The molecule has 16 rings (SSSR count). The molecule has 9 nitrogen and oxygen atoms in total. The van der Waals surface area contributed by atoms with E-state index in [9.17, 15) is 0 Å². The minimum absolute atomic E-state index is 0.167. The zero-order valence-corrected chi connectivity index (χ0v) is 77.4. The second-order valence-corrected chi connectivity index (χ2v) is 41.7. The summed E-state index contributed by atoms with van der Waals surface area (Å²) in [6.07, 6.45) is 31.2. The van der Waals surface area contributed by atoms with Crippen molar-refractivity contribution in [3.05, 3.63) is 327 Å². The van der Waals surface area contributed by atoms with Gasteiger partial charge in [-0.15, -0.1) is 11.3 Å². The highest BCUT2D eigenvalue weighted by Gasteiger charge is 2.23. The Bertz CT molecular complexity index is 5070. The fraction of sp³-hybridized carbons (Fsp3) is 0.393. The lowest BCUT2D eigenvalue weighted by Crippen LogP contribution is -2.13. The molecule has 2 aliphatic carbocycles. The maximum atomic E-state index is 5.35. The molecule has 1 N–H and O–H groups in total. The highest BCUT2D eigenvalue weighted by atomic mass is 32.1. The van der Waals surface area contributed by atoms with Crippen LogP contribution >= 0.6 is 11.3 Å². The maximum Gasteiger partial charge on any atom is 0.134 e. The van der Waals surface area contributed by atoms with Gasteiger partial charge in [0.2, 0.25) is 0 Å². The number of thiazole rings is 1. The SMILES string of the molecule is CC(C)(C)c1ccc2c(c1)C=CC2.CC(C)(C)c1ccc2cc[nH]c2c1.CC(C)(C)c1ccc2ccoc2c1.CC(C)(C)c1ccc2ncccc2c1.CC(C)(C)c1ccc2occc2c1.CC(C)(C)c1cccc2c1C=CC2.CC(C)(C)c1cccnc1.CC(C)(C)c1ccncc1.CC(C)(C)c1cncs1.CC(C)(C)c1cnoc1. The van der Waals surface area contributed by atoms with Crippen molar-refractivity contribution in [1.82, 2.24) is 30.1 Å². The number of furan rings is 2. The van der Waals surface area contributed by atoms with E-state index in [2.05, 4.69) is 396 Å². The van der Waals surface area contributed by atoms with Crippen LogP contribution in [0.2, 0.25) is 0 Å². The van der Waals surface area contributed by atoms with E-state index in [0.717, 1.165) is 35.1 Å². The van der Waals surface area contributed by atoms with E-state index >= 15 is 0 Å². The Morgan fingerprint density at radius 3 is 1.40 bits per heavy atom. The molecule has 0 saturated heterocycles. The van der Waals surface area contributed by atoms with E-state index in [1.807, 2.05) is 73.0 Å². The van der Waals surface area contributed by atoms with Crippen LogP contribution in [-0.2, 0) is 67.0 Å². The molecule has 0 unspecified atom stereocenters. The molecule has 0 aliphatic heterocycles. The monoisotopic (exact) mass is 1590 g/mol. The van der Waals surface area contributed by atoms with Crippen molar-refractivity contribution in [1.29, 1.82) is 0 Å². The summed E-state index contributed by atoms with van der Waals surface area (Å²) in [6.45, 7) is 66.3. The summed E-state index contributed by atoms with van der Waals surface area (Å²) in [7, 11) is 0. The van der Waals surface area contributed by atoms with E-state index in [-0.39, 0.29) is 54.1 Å². The molecule has 8 aromatic heterocycles. The van der Waals surface area contributed by atoms with Gasteiger partial charge in [-0.05, 0) is 218 Å². The first-order chi connectivity index (χ1) is 54.4. The standard InChI is InChI=1S/C13H15N.2C13H16.C12H15N.2C12H14O.2C9H13N.C7H11NO.C7H11NS/c1-13(2,3)11-6-7-12-10(9-11)5-4-8-14-12;1-13(2,3)12-9-5-7-10-6-4-8-11(10)12;1-13(2,3)12-8-7-10-5-4-6-11(10)9-12;1-12(2,3)10-5-4-9-6-7-13-11(9)8-10;1-12(2,3)10-4-5-11-9(8-10)6-7-13-11;1-12(2,3)10-5-4-9-6-7-13-11(9)8-10;1-9(2,3)8-4-6-10-7-5-8;1-9(2,3)8-5-4-6-10-7-8;1-7(2,3)6-4-8-9-5-6;1-7(2,3)6-4-8-5-9-6/h4-9H,1-3H3;4-5,7-9H,6H2,1-3H3;4,6-9H,5H2,1-3H3;4-8,13H,1-3H3;2*4-8H,1-3H3;2*4-7H,1-3H3;2*4-5H,1-3H3. The van der Waals surface area contributed by atoms with Gasteiger partial charge in [-0.2, -0.15) is 0 Å². The molecule has 0 spiro atoms. The van der Waals surface area contributed by atoms with Crippen LogP contribution in [0.15, 0.2) is 263 Å². The second kappa shape index (κ2) is 39.9. The van der Waals surface area contributed by atoms with Crippen LogP contribution in [0, 0.1) is 0 Å². The van der Waals surface area contributed by atoms with Gasteiger partial charge in [0.05, 0.1) is 29.8 Å². The topological polar surface area (TPSA) is 120 Å². The summed E-state index contributed by atoms with van der Waals surface area (Å²) in [5.74, 6) is 0. The van der Waals surface area contributed by atoms with Gasteiger partial charge in [0.25, 0.3) is 0 Å². The second-order valence-electron chi connectivity index (χ2n) is 40.8. The van der Waals surface area contributed by atoms with Gasteiger partial charge in [0.1, 0.15) is 17.4 Å². The average molecular weight is 1590 g/mol. The molecular weight excluding hydrogens is 1450 g/mol. The van der Waals surface area contributed by atoms with Crippen molar-refractivity contribution in [3.8, 4) is 0 Å². The molecule has 0 bridgehead atoms. The zero-order valence-electron chi connectivity index (χ0n) is 76.6. The van der Waals surface area contributed by atoms with E-state index < -0.39 is 0 Å². The smallest absolute Gasteiger partial charge is 0.134 e. The molecule has 620 valence electrons. The average Bonchev–Trinajstić information content (AvgIpc) is 1.71. The molecule has 2 aliphatic rings. The molecule has 0 atom stereocenters. The maximum absolute atomic E-state index is 5.35. The van der Waals surface area contributed by atoms with Crippen molar-refractivity contribution in [2.24, 2.45) is 0 Å². The van der Waals surface area contributed by atoms with Crippen LogP contribution < -0.4 is 0 Å². The van der Waals surface area contributed by atoms with Gasteiger partial charge in [-0.3, -0.25) is 19.9 Å². The van der Waals surface area contributed by atoms with E-state index in [0.29, 0.717) is 0 Å². The van der Waals surface area contributed by atoms with Crippen LogP contribution in [0.4, 0.5) is 0 Å². The number of aromatic amines is 1. The number of aromatic nitrogens is 6. The third kappa shape index (κ3) is 29.8. The van der Waals surface area contributed by atoms with Crippen LogP contribution in [-0.4, -0.2) is 30.1 Å². The Kier molecular flexibility index (Phi) is 32.1. The number of pyridine rings is 3. The number of nitrogens with zero attached hydrogens (tertiary/aromatic N) is 5. The third-order valence-corrected chi connectivity index (χ3v) is 21.5. The number of rotatable bonds is 0. The number of allylic oxidation sites excluding steroid dienone is 2. The Morgan fingerprint density at radius 2 is 0.872 bits per heavy atom. The van der Waals surface area contributed by atoms with Gasteiger partial charge in [0, 0.05) is 75.5 Å². The molecule has 117 heavy (non-hydrogen) atoms. The Balaban J connectivity index is 0.000000180. The fourth-order valence-corrected chi connectivity index (χ4v) is 13.1. The van der Waals surface area contributed by atoms with E-state index in [1.54, 1.807) is 42.5 Å². The number of hydrogen-bond donors (Lipinski definition) is 1. The Morgan fingerprint density at radius 1 is 0.342 bits per heavy atom. The van der Waals surface area contributed by atoms with Crippen LogP contribution in [0.1, 0.15) is 285 Å². The summed E-state index contributed by atoms with van der Waals surface area (Å²) in [6, 6.07) is 57.7. The van der Waals surface area contributed by atoms with Gasteiger partial charge < -0.3 is 18.3 Å². The number of nitrogens with one attached hydrogen (secondary N) is 1. The molecule has 0 amide bonds. The molecule has 10 heteroatoms. The number of H-pyrrole nitrogens is 1.